The Hall–Kier alpha value is -2.89. The second-order valence-corrected chi connectivity index (χ2v) is 4.63. The number of H-pyrrole nitrogens is 1. The van der Waals surface area contributed by atoms with Gasteiger partial charge in [0, 0.05) is 6.07 Å². The summed E-state index contributed by atoms with van der Waals surface area (Å²) in [4.78, 5) is 36.1. The highest BCUT2D eigenvalue weighted by molar-refractivity contribution is 5.80. The molecule has 0 aliphatic rings. The van der Waals surface area contributed by atoms with Gasteiger partial charge in [0.25, 0.3) is 0 Å². The van der Waals surface area contributed by atoms with Crippen molar-refractivity contribution in [2.75, 3.05) is 5.32 Å². The van der Waals surface area contributed by atoms with Crippen molar-refractivity contribution in [3.8, 4) is 5.75 Å². The largest absolute Gasteiger partial charge is 0.507 e. The average molecular weight is 286 g/mol. The lowest BCUT2D eigenvalue weighted by molar-refractivity contribution is -0.108. The molecule has 0 spiro atoms. The highest BCUT2D eigenvalue weighted by Gasteiger charge is 2.13. The second kappa shape index (κ2) is 6.04. The van der Waals surface area contributed by atoms with E-state index in [-0.39, 0.29) is 16.9 Å². The summed E-state index contributed by atoms with van der Waals surface area (Å²) in [6, 6.07) is 6.67. The van der Waals surface area contributed by atoms with Crippen molar-refractivity contribution >= 4 is 18.4 Å². The number of pyridine rings is 1. The molecule has 6 heteroatoms. The van der Waals surface area contributed by atoms with E-state index in [1.807, 2.05) is 0 Å². The number of rotatable bonds is 5. The monoisotopic (exact) mass is 286 g/mol. The molecule has 108 valence electrons. The lowest BCUT2D eigenvalue weighted by atomic mass is 10.0. The molecule has 0 unspecified atom stereocenters. The molecule has 0 radical (unpaired) electrons. The highest BCUT2D eigenvalue weighted by atomic mass is 16.3. The summed E-state index contributed by atoms with van der Waals surface area (Å²) in [6.45, 7) is 1.77. The Morgan fingerprint density at radius 3 is 2.62 bits per heavy atom. The number of phenols is 1. The number of aromatic nitrogens is 1. The number of phenolic OH excluding ortho intramolecular Hbond substituents is 1. The Morgan fingerprint density at radius 2 is 2.00 bits per heavy atom. The van der Waals surface area contributed by atoms with Crippen molar-refractivity contribution in [2.24, 2.45) is 0 Å². The molecule has 0 bridgehead atoms. The van der Waals surface area contributed by atoms with Crippen molar-refractivity contribution in [1.82, 2.24) is 4.98 Å². The smallest absolute Gasteiger partial charge is 0.249 e. The van der Waals surface area contributed by atoms with Crippen LogP contribution in [-0.4, -0.2) is 22.7 Å². The molecule has 1 heterocycles. The van der Waals surface area contributed by atoms with Crippen molar-refractivity contribution in [1.29, 1.82) is 0 Å². The number of aromatic hydroxyl groups is 1. The third kappa shape index (κ3) is 3.36. The predicted molar refractivity (Wildman–Crippen MR) is 77.7 cm³/mol. The number of aldehydes is 2. The lowest BCUT2D eigenvalue weighted by Crippen LogP contribution is -2.16. The quantitative estimate of drug-likeness (QED) is 0.724. The van der Waals surface area contributed by atoms with Crippen LogP contribution in [0.2, 0.25) is 0 Å². The average Bonchev–Trinajstić information content (AvgIpc) is 2.44. The minimum Gasteiger partial charge on any atom is -0.507 e. The maximum absolute atomic E-state index is 11.4. The number of benzene rings is 1. The first-order valence-electron chi connectivity index (χ1n) is 6.24. The molecule has 6 nitrogen and oxygen atoms in total. The van der Waals surface area contributed by atoms with Crippen molar-refractivity contribution < 1.29 is 14.7 Å². The standard InChI is InChI=1S/C15H14N2O4/c1-9-4-14(17-15(21)5-9)16-12(8-19)10-2-3-13(20)11(6-10)7-18/h2-8,12,20H,1H3,(H2,16,17,21)/t12-/m1/s1. The molecule has 3 N–H and O–H groups in total. The number of hydrogen-bond acceptors (Lipinski definition) is 5. The van der Waals surface area contributed by atoms with E-state index in [9.17, 15) is 19.5 Å². The third-order valence-electron chi connectivity index (χ3n) is 2.97. The summed E-state index contributed by atoms with van der Waals surface area (Å²) in [6.07, 6.45) is 1.16. The molecule has 1 aromatic heterocycles. The zero-order chi connectivity index (χ0) is 15.4. The summed E-state index contributed by atoms with van der Waals surface area (Å²) < 4.78 is 0. The molecular weight excluding hydrogens is 272 g/mol. The van der Waals surface area contributed by atoms with Crippen LogP contribution in [-0.2, 0) is 4.79 Å². The maximum Gasteiger partial charge on any atom is 0.249 e. The minimum absolute atomic E-state index is 0.0962. The summed E-state index contributed by atoms with van der Waals surface area (Å²) in [7, 11) is 0. The topological polar surface area (TPSA) is 99.3 Å². The van der Waals surface area contributed by atoms with Gasteiger partial charge in [-0.3, -0.25) is 9.59 Å². The number of aryl methyl sites for hydroxylation is 1. The molecule has 0 saturated heterocycles. The predicted octanol–water partition coefficient (Wildman–Crippen LogP) is 1.55. The molecule has 21 heavy (non-hydrogen) atoms. The molecular formula is C15H14N2O4. The van der Waals surface area contributed by atoms with Crippen molar-refractivity contribution in [3.63, 3.8) is 0 Å². The Labute approximate surface area is 120 Å². The number of anilines is 1. The fourth-order valence-corrected chi connectivity index (χ4v) is 1.98. The molecule has 0 saturated carbocycles. The molecule has 0 amide bonds. The fourth-order valence-electron chi connectivity index (χ4n) is 1.98. The lowest BCUT2D eigenvalue weighted by Gasteiger charge is -2.15. The van der Waals surface area contributed by atoms with E-state index in [0.717, 1.165) is 5.56 Å². The summed E-state index contributed by atoms with van der Waals surface area (Å²) in [5, 5.41) is 12.3. The summed E-state index contributed by atoms with van der Waals surface area (Å²) >= 11 is 0. The van der Waals surface area contributed by atoms with Gasteiger partial charge in [0.2, 0.25) is 5.56 Å². The molecule has 1 aromatic carbocycles. The van der Waals surface area contributed by atoms with Crippen LogP contribution < -0.4 is 10.9 Å². The van der Waals surface area contributed by atoms with Gasteiger partial charge in [-0.2, -0.15) is 0 Å². The van der Waals surface area contributed by atoms with E-state index in [0.29, 0.717) is 24.0 Å². The summed E-state index contributed by atoms with van der Waals surface area (Å²) in [5.74, 6) is 0.250. The Morgan fingerprint density at radius 1 is 1.24 bits per heavy atom. The molecule has 2 rings (SSSR count). The summed E-state index contributed by atoms with van der Waals surface area (Å²) in [5.41, 5.74) is 1.08. The van der Waals surface area contributed by atoms with E-state index in [2.05, 4.69) is 10.3 Å². The molecule has 1 atom stereocenters. The van der Waals surface area contributed by atoms with Gasteiger partial charge in [-0.05, 0) is 36.2 Å². The number of nitrogens with one attached hydrogen (secondary N) is 2. The Balaban J connectivity index is 2.33. The number of carbonyl (C=O) groups is 2. The van der Waals surface area contributed by atoms with Crippen LogP contribution in [0.1, 0.15) is 27.5 Å². The van der Waals surface area contributed by atoms with Crippen LogP contribution in [0.4, 0.5) is 5.82 Å². The van der Waals surface area contributed by atoms with Crippen LogP contribution in [0.5, 0.6) is 5.75 Å². The molecule has 0 aliphatic carbocycles. The van der Waals surface area contributed by atoms with Crippen LogP contribution in [0.25, 0.3) is 0 Å². The van der Waals surface area contributed by atoms with Gasteiger partial charge in [0.05, 0.1) is 5.56 Å². The Bertz CT molecular complexity index is 737. The van der Waals surface area contributed by atoms with Crippen LogP contribution in [0.3, 0.4) is 0 Å². The second-order valence-electron chi connectivity index (χ2n) is 4.63. The minimum atomic E-state index is -0.748. The van der Waals surface area contributed by atoms with Gasteiger partial charge in [-0.1, -0.05) is 6.07 Å². The van der Waals surface area contributed by atoms with E-state index in [4.69, 9.17) is 0 Å². The molecule has 0 fully saturated rings. The maximum atomic E-state index is 11.4. The van der Waals surface area contributed by atoms with E-state index >= 15 is 0 Å². The number of hydrogen-bond donors (Lipinski definition) is 3. The first-order valence-corrected chi connectivity index (χ1v) is 6.24. The Kier molecular flexibility index (Phi) is 4.18. The fraction of sp³-hybridized carbons (Fsp3) is 0.133. The van der Waals surface area contributed by atoms with Crippen LogP contribution in [0.15, 0.2) is 35.1 Å². The van der Waals surface area contributed by atoms with E-state index in [1.54, 1.807) is 13.0 Å². The van der Waals surface area contributed by atoms with Gasteiger partial charge >= 0.3 is 0 Å². The van der Waals surface area contributed by atoms with Gasteiger partial charge in [0.1, 0.15) is 23.9 Å². The number of carbonyl (C=O) groups excluding carboxylic acids is 2. The highest BCUT2D eigenvalue weighted by Crippen LogP contribution is 2.22. The van der Waals surface area contributed by atoms with Gasteiger partial charge < -0.3 is 20.2 Å². The van der Waals surface area contributed by atoms with Gasteiger partial charge in [-0.25, -0.2) is 0 Å². The van der Waals surface area contributed by atoms with Gasteiger partial charge in [-0.15, -0.1) is 0 Å². The first kappa shape index (κ1) is 14.5. The first-order chi connectivity index (χ1) is 10.0. The third-order valence-corrected chi connectivity index (χ3v) is 2.97. The number of aromatic amines is 1. The normalized spacial score (nSPS) is 11.7. The molecule has 0 aliphatic heterocycles. The zero-order valence-electron chi connectivity index (χ0n) is 11.3. The zero-order valence-corrected chi connectivity index (χ0v) is 11.3. The molecule has 2 aromatic rings. The van der Waals surface area contributed by atoms with E-state index in [1.165, 1.54) is 24.3 Å². The van der Waals surface area contributed by atoms with Crippen molar-refractivity contribution in [3.05, 3.63) is 57.4 Å². The SMILES string of the molecule is Cc1cc(N[C@H](C=O)c2ccc(O)c(C=O)c2)[nH]c(=O)c1. The van der Waals surface area contributed by atoms with Crippen LogP contribution >= 0.6 is 0 Å². The van der Waals surface area contributed by atoms with Crippen LogP contribution in [0, 0.1) is 6.92 Å². The van der Waals surface area contributed by atoms with Crippen molar-refractivity contribution in [2.45, 2.75) is 13.0 Å². The van der Waals surface area contributed by atoms with Gasteiger partial charge in [0.15, 0.2) is 6.29 Å². The van der Waals surface area contributed by atoms with E-state index < -0.39 is 6.04 Å².